The molecule has 2 nitrogen and oxygen atoms in total. The first-order valence-electron chi connectivity index (χ1n) is 6.09. The van der Waals surface area contributed by atoms with E-state index >= 15 is 0 Å². The molecule has 1 fully saturated rings. The van der Waals surface area contributed by atoms with Crippen LogP contribution in [0.1, 0.15) is 43.6 Å². The van der Waals surface area contributed by atoms with Gasteiger partial charge in [-0.2, -0.15) is 0 Å². The number of hydrogen-bond acceptors (Lipinski definition) is 1. The topological polar surface area (TPSA) is 43.1 Å². The van der Waals surface area contributed by atoms with Crippen molar-refractivity contribution in [2.45, 2.75) is 38.0 Å². The molecule has 0 atom stereocenters. The lowest BCUT2D eigenvalue weighted by atomic mass is 9.77. The Hall–Kier alpha value is -1.31. The zero-order chi connectivity index (χ0) is 11.4. The first-order valence-corrected chi connectivity index (χ1v) is 6.09. The zero-order valence-corrected chi connectivity index (χ0v) is 9.56. The van der Waals surface area contributed by atoms with Gasteiger partial charge in [0, 0.05) is 6.42 Å². The van der Waals surface area contributed by atoms with E-state index in [1.807, 2.05) is 0 Å². The second-order valence-corrected chi connectivity index (χ2v) is 4.80. The van der Waals surface area contributed by atoms with Gasteiger partial charge in [0.15, 0.2) is 0 Å². The third-order valence-electron chi connectivity index (χ3n) is 3.61. The summed E-state index contributed by atoms with van der Waals surface area (Å²) in [5.74, 6) is 1.06. The maximum atomic E-state index is 10.8. The lowest BCUT2D eigenvalue weighted by Crippen LogP contribution is -2.20. The van der Waals surface area contributed by atoms with Gasteiger partial charge in [0.1, 0.15) is 0 Å². The highest BCUT2D eigenvalue weighted by Crippen LogP contribution is 2.36. The molecular formula is C14H19NO. The van der Waals surface area contributed by atoms with Gasteiger partial charge in [0.05, 0.1) is 0 Å². The Labute approximate surface area is 96.8 Å². The molecule has 1 aromatic carbocycles. The normalized spacial score (nSPS) is 25.2. The summed E-state index contributed by atoms with van der Waals surface area (Å²) in [4.78, 5) is 10.8. The third-order valence-corrected chi connectivity index (χ3v) is 3.61. The Balaban J connectivity index is 1.88. The number of primary amides is 1. The Morgan fingerprint density at radius 1 is 1.12 bits per heavy atom. The SMILES string of the molecule is NC(=O)CC1CCC(c2ccccc2)CC1. The first-order chi connectivity index (χ1) is 7.75. The molecule has 0 heterocycles. The van der Waals surface area contributed by atoms with E-state index in [2.05, 4.69) is 30.3 Å². The standard InChI is InChI=1S/C14H19NO/c15-14(16)10-11-6-8-13(9-7-11)12-4-2-1-3-5-12/h1-5,11,13H,6-10H2,(H2,15,16). The predicted molar refractivity (Wildman–Crippen MR) is 65.0 cm³/mol. The van der Waals surface area contributed by atoms with Crippen LogP contribution in [0.2, 0.25) is 0 Å². The largest absolute Gasteiger partial charge is 0.370 e. The van der Waals surface area contributed by atoms with E-state index in [0.29, 0.717) is 18.3 Å². The monoisotopic (exact) mass is 217 g/mol. The molecule has 2 heteroatoms. The van der Waals surface area contributed by atoms with E-state index in [0.717, 1.165) is 12.8 Å². The van der Waals surface area contributed by atoms with Gasteiger partial charge in [-0.3, -0.25) is 4.79 Å². The van der Waals surface area contributed by atoms with E-state index in [1.165, 1.54) is 18.4 Å². The van der Waals surface area contributed by atoms with Gasteiger partial charge < -0.3 is 5.73 Å². The molecule has 16 heavy (non-hydrogen) atoms. The number of amides is 1. The maximum absolute atomic E-state index is 10.8. The fourth-order valence-corrected chi connectivity index (χ4v) is 2.71. The number of carbonyl (C=O) groups excluding carboxylic acids is 1. The molecule has 2 N–H and O–H groups in total. The molecule has 0 saturated heterocycles. The lowest BCUT2D eigenvalue weighted by molar-refractivity contribution is -0.119. The number of rotatable bonds is 3. The van der Waals surface area contributed by atoms with Crippen LogP contribution in [0.25, 0.3) is 0 Å². The highest BCUT2D eigenvalue weighted by atomic mass is 16.1. The second kappa shape index (κ2) is 5.15. The summed E-state index contributed by atoms with van der Waals surface area (Å²) in [7, 11) is 0. The average molecular weight is 217 g/mol. The maximum Gasteiger partial charge on any atom is 0.217 e. The Morgan fingerprint density at radius 3 is 2.31 bits per heavy atom. The molecule has 1 aromatic rings. The minimum Gasteiger partial charge on any atom is -0.370 e. The van der Waals surface area contributed by atoms with Gasteiger partial charge >= 0.3 is 0 Å². The van der Waals surface area contributed by atoms with Gasteiger partial charge in [0.25, 0.3) is 0 Å². The van der Waals surface area contributed by atoms with Gasteiger partial charge in [0.2, 0.25) is 5.91 Å². The van der Waals surface area contributed by atoms with Crippen LogP contribution in [0.15, 0.2) is 30.3 Å². The van der Waals surface area contributed by atoms with Crippen LogP contribution in [0.4, 0.5) is 0 Å². The summed E-state index contributed by atoms with van der Waals surface area (Å²) in [5, 5.41) is 0. The van der Waals surface area contributed by atoms with Crippen molar-refractivity contribution in [2.75, 3.05) is 0 Å². The highest BCUT2D eigenvalue weighted by molar-refractivity contribution is 5.73. The minimum absolute atomic E-state index is 0.150. The average Bonchev–Trinajstić information content (AvgIpc) is 2.30. The van der Waals surface area contributed by atoms with E-state index in [-0.39, 0.29) is 5.91 Å². The molecule has 1 aliphatic carbocycles. The smallest absolute Gasteiger partial charge is 0.217 e. The summed E-state index contributed by atoms with van der Waals surface area (Å²) < 4.78 is 0. The zero-order valence-electron chi connectivity index (χ0n) is 9.56. The fourth-order valence-electron chi connectivity index (χ4n) is 2.71. The van der Waals surface area contributed by atoms with Crippen molar-refractivity contribution >= 4 is 5.91 Å². The van der Waals surface area contributed by atoms with Crippen LogP contribution in [0.3, 0.4) is 0 Å². The molecule has 2 rings (SSSR count). The van der Waals surface area contributed by atoms with Crippen molar-refractivity contribution in [3.63, 3.8) is 0 Å². The Morgan fingerprint density at radius 2 is 1.75 bits per heavy atom. The van der Waals surface area contributed by atoms with Crippen LogP contribution in [0.5, 0.6) is 0 Å². The van der Waals surface area contributed by atoms with Crippen molar-refractivity contribution < 1.29 is 4.79 Å². The van der Waals surface area contributed by atoms with Crippen LogP contribution in [-0.4, -0.2) is 5.91 Å². The minimum atomic E-state index is -0.150. The molecule has 0 aromatic heterocycles. The molecule has 0 unspecified atom stereocenters. The number of nitrogens with two attached hydrogens (primary N) is 1. The van der Waals surface area contributed by atoms with Crippen LogP contribution in [0, 0.1) is 5.92 Å². The van der Waals surface area contributed by atoms with Crippen LogP contribution >= 0.6 is 0 Å². The summed E-state index contributed by atoms with van der Waals surface area (Å²) in [6.07, 6.45) is 5.25. The van der Waals surface area contributed by atoms with Crippen molar-refractivity contribution in [1.29, 1.82) is 0 Å². The summed E-state index contributed by atoms with van der Waals surface area (Å²) in [6.45, 7) is 0. The molecule has 0 bridgehead atoms. The van der Waals surface area contributed by atoms with E-state index in [4.69, 9.17) is 5.73 Å². The van der Waals surface area contributed by atoms with E-state index in [1.54, 1.807) is 0 Å². The third kappa shape index (κ3) is 2.84. The number of hydrogen-bond donors (Lipinski definition) is 1. The summed E-state index contributed by atoms with van der Waals surface area (Å²) in [6, 6.07) is 10.7. The van der Waals surface area contributed by atoms with Gasteiger partial charge in [-0.1, -0.05) is 30.3 Å². The molecular weight excluding hydrogens is 198 g/mol. The predicted octanol–water partition coefficient (Wildman–Crippen LogP) is 2.84. The Bertz CT molecular complexity index is 339. The van der Waals surface area contributed by atoms with Crippen molar-refractivity contribution in [2.24, 2.45) is 11.7 Å². The van der Waals surface area contributed by atoms with Crippen LogP contribution in [-0.2, 0) is 4.79 Å². The van der Waals surface area contributed by atoms with Crippen molar-refractivity contribution in [3.05, 3.63) is 35.9 Å². The fraction of sp³-hybridized carbons (Fsp3) is 0.500. The molecule has 1 amide bonds. The molecule has 86 valence electrons. The van der Waals surface area contributed by atoms with Gasteiger partial charge in [-0.15, -0.1) is 0 Å². The van der Waals surface area contributed by atoms with Crippen LogP contribution < -0.4 is 5.73 Å². The summed E-state index contributed by atoms with van der Waals surface area (Å²) >= 11 is 0. The van der Waals surface area contributed by atoms with Crippen molar-refractivity contribution in [3.8, 4) is 0 Å². The number of benzene rings is 1. The second-order valence-electron chi connectivity index (χ2n) is 4.80. The van der Waals surface area contributed by atoms with E-state index in [9.17, 15) is 4.79 Å². The molecule has 0 spiro atoms. The number of carbonyl (C=O) groups is 1. The Kier molecular flexibility index (Phi) is 3.60. The van der Waals surface area contributed by atoms with Crippen molar-refractivity contribution in [1.82, 2.24) is 0 Å². The molecule has 0 radical (unpaired) electrons. The van der Waals surface area contributed by atoms with Gasteiger partial charge in [-0.05, 0) is 43.1 Å². The first kappa shape index (κ1) is 11.2. The highest BCUT2D eigenvalue weighted by Gasteiger charge is 2.23. The molecule has 1 aliphatic rings. The molecule has 1 saturated carbocycles. The van der Waals surface area contributed by atoms with E-state index < -0.39 is 0 Å². The lowest BCUT2D eigenvalue weighted by Gasteiger charge is -2.28. The quantitative estimate of drug-likeness (QED) is 0.831. The molecule has 0 aliphatic heterocycles. The van der Waals surface area contributed by atoms with Gasteiger partial charge in [-0.25, -0.2) is 0 Å². The summed E-state index contributed by atoms with van der Waals surface area (Å²) in [5.41, 5.74) is 6.67.